The maximum atomic E-state index is 12.4. The molecule has 0 radical (unpaired) electrons. The highest BCUT2D eigenvalue weighted by atomic mass is 35.5. The highest BCUT2D eigenvalue weighted by Gasteiger charge is 2.07. The van der Waals surface area contributed by atoms with Gasteiger partial charge in [-0.1, -0.05) is 48.0 Å². The van der Waals surface area contributed by atoms with Gasteiger partial charge in [0.05, 0.1) is 0 Å². The maximum Gasteiger partial charge on any atom is 0.251 e. The summed E-state index contributed by atoms with van der Waals surface area (Å²) < 4.78 is 0. The summed E-state index contributed by atoms with van der Waals surface area (Å²) in [6.07, 6.45) is 1.63. The fraction of sp³-hybridized carbons (Fsp3) is 0.143. The Labute approximate surface area is 158 Å². The van der Waals surface area contributed by atoms with E-state index >= 15 is 0 Å². The summed E-state index contributed by atoms with van der Waals surface area (Å²) in [4.78, 5) is 16.7. The molecule has 0 aliphatic carbocycles. The van der Waals surface area contributed by atoms with Gasteiger partial charge in [-0.05, 0) is 47.9 Å². The topological polar surface area (TPSA) is 54.0 Å². The van der Waals surface area contributed by atoms with Crippen molar-refractivity contribution in [1.82, 2.24) is 10.3 Å². The number of nitrogens with zero attached hydrogens (tertiary/aromatic N) is 1. The van der Waals surface area contributed by atoms with Crippen LogP contribution in [0.5, 0.6) is 0 Å². The summed E-state index contributed by atoms with van der Waals surface area (Å²) in [6.45, 7) is 3.15. The molecule has 1 heterocycles. The first-order valence-electron chi connectivity index (χ1n) is 8.39. The smallest absolute Gasteiger partial charge is 0.251 e. The second-order valence-electron chi connectivity index (χ2n) is 6.02. The zero-order valence-corrected chi connectivity index (χ0v) is 15.3. The number of anilines is 1. The zero-order valence-electron chi connectivity index (χ0n) is 14.5. The van der Waals surface area contributed by atoms with Gasteiger partial charge < -0.3 is 10.6 Å². The molecule has 132 valence electrons. The molecule has 1 aromatic heterocycles. The number of pyridine rings is 1. The van der Waals surface area contributed by atoms with E-state index in [9.17, 15) is 4.79 Å². The highest BCUT2D eigenvalue weighted by molar-refractivity contribution is 6.30. The first kappa shape index (κ1) is 18.0. The van der Waals surface area contributed by atoms with Crippen LogP contribution in [0.15, 0.2) is 66.9 Å². The minimum absolute atomic E-state index is 0.120. The van der Waals surface area contributed by atoms with Crippen molar-refractivity contribution in [3.63, 3.8) is 0 Å². The molecule has 0 saturated carbocycles. The SMILES string of the molecule is Cc1ccccc1CNC(=O)c1ccnc(NCc2ccc(Cl)cc2)c1. The predicted molar refractivity (Wildman–Crippen MR) is 105 cm³/mol. The Balaban J connectivity index is 1.60. The van der Waals surface area contributed by atoms with Crippen molar-refractivity contribution in [2.45, 2.75) is 20.0 Å². The number of hydrogen-bond donors (Lipinski definition) is 2. The van der Waals surface area contributed by atoms with Crippen molar-refractivity contribution in [3.8, 4) is 0 Å². The fourth-order valence-corrected chi connectivity index (χ4v) is 2.68. The van der Waals surface area contributed by atoms with E-state index < -0.39 is 0 Å². The Morgan fingerprint density at radius 3 is 2.58 bits per heavy atom. The standard InChI is InChI=1S/C21H20ClN3O/c1-15-4-2-3-5-18(15)14-25-21(26)17-10-11-23-20(12-17)24-13-16-6-8-19(22)9-7-16/h2-12H,13-14H2,1H3,(H,23,24)(H,25,26). The van der Waals surface area contributed by atoms with Gasteiger partial charge in [0.2, 0.25) is 0 Å². The molecule has 0 saturated heterocycles. The molecule has 2 aromatic carbocycles. The summed E-state index contributed by atoms with van der Waals surface area (Å²) in [5.74, 6) is 0.536. The van der Waals surface area contributed by atoms with E-state index in [1.165, 1.54) is 0 Å². The monoisotopic (exact) mass is 365 g/mol. The van der Waals surface area contributed by atoms with Gasteiger partial charge in [-0.3, -0.25) is 4.79 Å². The molecule has 0 aliphatic heterocycles. The summed E-state index contributed by atoms with van der Waals surface area (Å²) in [6, 6.07) is 19.1. The van der Waals surface area contributed by atoms with Crippen molar-refractivity contribution in [2.75, 3.05) is 5.32 Å². The van der Waals surface area contributed by atoms with Crippen LogP contribution in [0.2, 0.25) is 5.02 Å². The van der Waals surface area contributed by atoms with Crippen molar-refractivity contribution in [3.05, 3.63) is 94.1 Å². The van der Waals surface area contributed by atoms with Gasteiger partial charge >= 0.3 is 0 Å². The Hall–Kier alpha value is -2.85. The number of carbonyl (C=O) groups excluding carboxylic acids is 1. The van der Waals surface area contributed by atoms with Crippen molar-refractivity contribution in [1.29, 1.82) is 0 Å². The van der Waals surface area contributed by atoms with E-state index in [0.717, 1.165) is 16.7 Å². The van der Waals surface area contributed by atoms with E-state index in [-0.39, 0.29) is 5.91 Å². The molecule has 0 aliphatic rings. The third-order valence-corrected chi connectivity index (χ3v) is 4.36. The lowest BCUT2D eigenvalue weighted by molar-refractivity contribution is 0.0951. The third kappa shape index (κ3) is 4.83. The summed E-state index contributed by atoms with van der Waals surface area (Å²) in [5.41, 5.74) is 3.93. The summed E-state index contributed by atoms with van der Waals surface area (Å²) in [7, 11) is 0. The summed E-state index contributed by atoms with van der Waals surface area (Å²) >= 11 is 5.89. The van der Waals surface area contributed by atoms with Crippen LogP contribution in [0.4, 0.5) is 5.82 Å². The average Bonchev–Trinajstić information content (AvgIpc) is 2.67. The van der Waals surface area contributed by atoms with Crippen LogP contribution >= 0.6 is 11.6 Å². The number of rotatable bonds is 6. The molecule has 2 N–H and O–H groups in total. The van der Waals surface area contributed by atoms with Crippen LogP contribution in [-0.2, 0) is 13.1 Å². The van der Waals surface area contributed by atoms with Gasteiger partial charge in [-0.25, -0.2) is 4.98 Å². The van der Waals surface area contributed by atoms with Crippen LogP contribution in [0.1, 0.15) is 27.0 Å². The van der Waals surface area contributed by atoms with Gasteiger partial charge in [0.1, 0.15) is 5.82 Å². The normalized spacial score (nSPS) is 10.4. The van der Waals surface area contributed by atoms with Gasteiger partial charge in [0, 0.05) is 29.9 Å². The molecule has 0 unspecified atom stereocenters. The van der Waals surface area contributed by atoms with Gasteiger partial charge in [-0.2, -0.15) is 0 Å². The Morgan fingerprint density at radius 1 is 1.04 bits per heavy atom. The van der Waals surface area contributed by atoms with E-state index in [4.69, 9.17) is 11.6 Å². The Bertz CT molecular complexity index is 894. The third-order valence-electron chi connectivity index (χ3n) is 4.11. The molecular formula is C21H20ClN3O. The molecule has 5 heteroatoms. The van der Waals surface area contributed by atoms with E-state index in [0.29, 0.717) is 29.5 Å². The lowest BCUT2D eigenvalue weighted by Crippen LogP contribution is -2.23. The molecule has 1 amide bonds. The predicted octanol–water partition coefficient (Wildman–Crippen LogP) is 4.59. The Morgan fingerprint density at radius 2 is 1.81 bits per heavy atom. The minimum Gasteiger partial charge on any atom is -0.366 e. The van der Waals surface area contributed by atoms with Crippen molar-refractivity contribution in [2.24, 2.45) is 0 Å². The van der Waals surface area contributed by atoms with E-state index in [2.05, 4.69) is 15.6 Å². The van der Waals surface area contributed by atoms with Gasteiger partial charge in [0.15, 0.2) is 0 Å². The average molecular weight is 366 g/mol. The number of halogens is 1. The van der Waals surface area contributed by atoms with E-state index in [1.807, 2.05) is 55.5 Å². The number of aryl methyl sites for hydroxylation is 1. The van der Waals surface area contributed by atoms with Crippen molar-refractivity contribution >= 4 is 23.3 Å². The summed E-state index contributed by atoms with van der Waals surface area (Å²) in [5, 5.41) is 6.89. The molecule has 4 nitrogen and oxygen atoms in total. The maximum absolute atomic E-state index is 12.4. The molecular weight excluding hydrogens is 346 g/mol. The van der Waals surface area contributed by atoms with Crippen LogP contribution in [0, 0.1) is 6.92 Å². The Kier molecular flexibility index (Phi) is 5.87. The van der Waals surface area contributed by atoms with Crippen LogP contribution < -0.4 is 10.6 Å². The lowest BCUT2D eigenvalue weighted by atomic mass is 10.1. The molecule has 0 spiro atoms. The van der Waals surface area contributed by atoms with E-state index in [1.54, 1.807) is 18.3 Å². The molecule has 26 heavy (non-hydrogen) atoms. The first-order valence-corrected chi connectivity index (χ1v) is 8.77. The highest BCUT2D eigenvalue weighted by Crippen LogP contribution is 2.13. The minimum atomic E-state index is -0.120. The van der Waals surface area contributed by atoms with Gasteiger partial charge in [0.25, 0.3) is 5.91 Å². The number of carbonyl (C=O) groups is 1. The molecule has 0 fully saturated rings. The molecule has 3 rings (SSSR count). The number of benzene rings is 2. The van der Waals surface area contributed by atoms with Crippen LogP contribution in [0.3, 0.4) is 0 Å². The second kappa shape index (κ2) is 8.50. The number of aromatic nitrogens is 1. The quantitative estimate of drug-likeness (QED) is 0.672. The van der Waals surface area contributed by atoms with Crippen LogP contribution in [-0.4, -0.2) is 10.9 Å². The largest absolute Gasteiger partial charge is 0.366 e. The number of amides is 1. The van der Waals surface area contributed by atoms with Crippen molar-refractivity contribution < 1.29 is 4.79 Å². The molecule has 0 atom stereocenters. The number of hydrogen-bond acceptors (Lipinski definition) is 3. The van der Waals surface area contributed by atoms with Gasteiger partial charge in [-0.15, -0.1) is 0 Å². The number of nitrogens with one attached hydrogen (secondary N) is 2. The van der Waals surface area contributed by atoms with Crippen LogP contribution in [0.25, 0.3) is 0 Å². The molecule has 0 bridgehead atoms. The molecule has 3 aromatic rings. The first-order chi connectivity index (χ1) is 12.6. The zero-order chi connectivity index (χ0) is 18.4. The fourth-order valence-electron chi connectivity index (χ4n) is 2.55. The second-order valence-corrected chi connectivity index (χ2v) is 6.46. The lowest BCUT2D eigenvalue weighted by Gasteiger charge is -2.10.